The van der Waals surface area contributed by atoms with Gasteiger partial charge in [0.2, 0.25) is 0 Å². The highest BCUT2D eigenvalue weighted by Crippen LogP contribution is 2.32. The highest BCUT2D eigenvalue weighted by molar-refractivity contribution is 7.15. The number of nitrogens with one attached hydrogen (secondary N) is 1. The lowest BCUT2D eigenvalue weighted by Crippen LogP contribution is -2.13. The van der Waals surface area contributed by atoms with Crippen LogP contribution in [0.2, 0.25) is 0 Å². The van der Waals surface area contributed by atoms with Gasteiger partial charge in [-0.15, -0.1) is 11.3 Å². The molecule has 2 aliphatic carbocycles. The van der Waals surface area contributed by atoms with Gasteiger partial charge in [0.1, 0.15) is 0 Å². The second-order valence-electron chi connectivity index (χ2n) is 6.88. The molecule has 0 fully saturated rings. The monoisotopic (exact) mass is 326 g/mol. The summed E-state index contributed by atoms with van der Waals surface area (Å²) in [7, 11) is 0. The molecule has 0 spiro atoms. The van der Waals surface area contributed by atoms with Crippen LogP contribution in [0.3, 0.4) is 0 Å². The molecule has 2 aromatic rings. The Labute approximate surface area is 141 Å². The first-order chi connectivity index (χ1) is 11.2. The number of thiazole rings is 1. The molecular weight excluding hydrogens is 304 g/mol. The van der Waals surface area contributed by atoms with E-state index in [1.165, 1.54) is 41.0 Å². The molecule has 0 saturated carbocycles. The minimum Gasteiger partial charge on any atom is -0.298 e. The number of amides is 1. The van der Waals surface area contributed by atoms with Crippen LogP contribution in [0.4, 0.5) is 5.13 Å². The van der Waals surface area contributed by atoms with Gasteiger partial charge in [0.15, 0.2) is 5.13 Å². The van der Waals surface area contributed by atoms with Gasteiger partial charge in [-0.3, -0.25) is 10.1 Å². The lowest BCUT2D eigenvalue weighted by atomic mass is 9.90. The summed E-state index contributed by atoms with van der Waals surface area (Å²) in [5.74, 6) is 0.699. The Morgan fingerprint density at radius 3 is 2.91 bits per heavy atom. The third kappa shape index (κ3) is 3.05. The number of carbonyl (C=O) groups is 1. The van der Waals surface area contributed by atoms with Gasteiger partial charge >= 0.3 is 0 Å². The second kappa shape index (κ2) is 6.08. The normalized spacial score (nSPS) is 19.8. The van der Waals surface area contributed by atoms with Gasteiger partial charge in [-0.25, -0.2) is 4.98 Å². The average molecular weight is 326 g/mol. The first kappa shape index (κ1) is 14.9. The van der Waals surface area contributed by atoms with E-state index >= 15 is 0 Å². The number of hydrogen-bond donors (Lipinski definition) is 1. The van der Waals surface area contributed by atoms with Crippen LogP contribution in [0.15, 0.2) is 18.2 Å². The summed E-state index contributed by atoms with van der Waals surface area (Å²) < 4.78 is 0. The molecule has 4 rings (SSSR count). The predicted octanol–water partition coefficient (Wildman–Crippen LogP) is 4.40. The number of fused-ring (bicyclic) bond motifs is 2. The van der Waals surface area contributed by atoms with Crippen LogP contribution in [-0.2, 0) is 25.7 Å². The molecule has 3 nitrogen and oxygen atoms in total. The molecule has 1 heterocycles. The highest BCUT2D eigenvalue weighted by atomic mass is 32.1. The van der Waals surface area contributed by atoms with Crippen molar-refractivity contribution in [1.29, 1.82) is 0 Å². The minimum atomic E-state index is -0.0301. The Bertz CT molecular complexity index is 750. The lowest BCUT2D eigenvalue weighted by molar-refractivity contribution is 0.102. The third-order valence-electron chi connectivity index (χ3n) is 5.02. The molecule has 0 radical (unpaired) electrons. The van der Waals surface area contributed by atoms with E-state index in [0.717, 1.165) is 42.3 Å². The maximum absolute atomic E-state index is 12.5. The molecule has 0 aliphatic heterocycles. The zero-order chi connectivity index (χ0) is 15.8. The fourth-order valence-corrected chi connectivity index (χ4v) is 4.80. The van der Waals surface area contributed by atoms with E-state index in [1.807, 2.05) is 6.07 Å². The number of hydrogen-bond acceptors (Lipinski definition) is 3. The van der Waals surface area contributed by atoms with Gasteiger partial charge in [-0.1, -0.05) is 13.0 Å². The molecule has 1 aromatic heterocycles. The van der Waals surface area contributed by atoms with Crippen molar-refractivity contribution in [3.63, 3.8) is 0 Å². The predicted molar refractivity (Wildman–Crippen MR) is 94.3 cm³/mol. The molecule has 1 unspecified atom stereocenters. The minimum absolute atomic E-state index is 0.0301. The number of rotatable bonds is 2. The number of anilines is 1. The summed E-state index contributed by atoms with van der Waals surface area (Å²) >= 11 is 1.65. The van der Waals surface area contributed by atoms with Crippen LogP contribution in [0.25, 0.3) is 0 Å². The van der Waals surface area contributed by atoms with Crippen molar-refractivity contribution in [3.05, 3.63) is 45.5 Å². The molecule has 1 N–H and O–H groups in total. The molecule has 4 heteroatoms. The summed E-state index contributed by atoms with van der Waals surface area (Å²) in [5, 5.41) is 3.76. The van der Waals surface area contributed by atoms with Crippen LogP contribution in [0.5, 0.6) is 0 Å². The highest BCUT2D eigenvalue weighted by Gasteiger charge is 2.21. The van der Waals surface area contributed by atoms with E-state index in [9.17, 15) is 4.79 Å². The van der Waals surface area contributed by atoms with Crippen LogP contribution in [-0.4, -0.2) is 10.9 Å². The molecule has 1 aromatic carbocycles. The van der Waals surface area contributed by atoms with Crippen LogP contribution in [0.1, 0.15) is 58.2 Å². The van der Waals surface area contributed by atoms with Gasteiger partial charge in [-0.05, 0) is 74.1 Å². The molecule has 0 saturated heterocycles. The van der Waals surface area contributed by atoms with E-state index in [-0.39, 0.29) is 5.91 Å². The zero-order valence-electron chi connectivity index (χ0n) is 13.5. The van der Waals surface area contributed by atoms with E-state index in [1.54, 1.807) is 11.3 Å². The topological polar surface area (TPSA) is 42.0 Å². The van der Waals surface area contributed by atoms with Crippen molar-refractivity contribution in [3.8, 4) is 0 Å². The van der Waals surface area contributed by atoms with Crippen molar-refractivity contribution < 1.29 is 4.79 Å². The number of carbonyl (C=O) groups excluding carboxylic acids is 1. The Kier molecular flexibility index (Phi) is 3.93. The van der Waals surface area contributed by atoms with Crippen LogP contribution in [0, 0.1) is 5.92 Å². The van der Waals surface area contributed by atoms with Gasteiger partial charge in [-0.2, -0.15) is 0 Å². The lowest BCUT2D eigenvalue weighted by Gasteiger charge is -2.16. The van der Waals surface area contributed by atoms with Crippen molar-refractivity contribution in [2.75, 3.05) is 5.32 Å². The summed E-state index contributed by atoms with van der Waals surface area (Å²) in [5.41, 5.74) is 4.70. The Balaban J connectivity index is 1.52. The van der Waals surface area contributed by atoms with Gasteiger partial charge in [0.25, 0.3) is 5.91 Å². The average Bonchev–Trinajstić information content (AvgIpc) is 2.95. The van der Waals surface area contributed by atoms with E-state index in [2.05, 4.69) is 29.4 Å². The number of aromatic nitrogens is 1. The van der Waals surface area contributed by atoms with Crippen molar-refractivity contribution in [2.24, 2.45) is 5.92 Å². The number of nitrogens with zero attached hydrogens (tertiary/aromatic N) is 1. The van der Waals surface area contributed by atoms with Crippen LogP contribution >= 0.6 is 11.3 Å². The molecule has 1 atom stereocenters. The maximum atomic E-state index is 12.5. The summed E-state index contributed by atoms with van der Waals surface area (Å²) in [6.45, 7) is 2.29. The van der Waals surface area contributed by atoms with Crippen molar-refractivity contribution in [2.45, 2.75) is 51.9 Å². The summed E-state index contributed by atoms with van der Waals surface area (Å²) in [6.07, 6.45) is 8.09. The summed E-state index contributed by atoms with van der Waals surface area (Å²) in [4.78, 5) is 18.5. The van der Waals surface area contributed by atoms with Gasteiger partial charge in [0, 0.05) is 10.4 Å². The molecule has 0 bridgehead atoms. The van der Waals surface area contributed by atoms with Gasteiger partial charge < -0.3 is 0 Å². The molecule has 120 valence electrons. The largest absolute Gasteiger partial charge is 0.298 e. The first-order valence-corrected chi connectivity index (χ1v) is 9.42. The maximum Gasteiger partial charge on any atom is 0.257 e. The van der Waals surface area contributed by atoms with Crippen molar-refractivity contribution >= 4 is 22.4 Å². The quantitative estimate of drug-likeness (QED) is 0.889. The van der Waals surface area contributed by atoms with E-state index < -0.39 is 0 Å². The first-order valence-electron chi connectivity index (χ1n) is 8.61. The standard InChI is InChI=1S/C19H22N2OS/c1-12-6-9-16-17(10-12)23-19(20-16)21-18(22)15-8-7-13-4-2-3-5-14(13)11-15/h7-8,11-12H,2-6,9-10H2,1H3,(H,20,21,22). The zero-order valence-corrected chi connectivity index (χ0v) is 14.3. The van der Waals surface area contributed by atoms with Crippen LogP contribution < -0.4 is 5.32 Å². The molecular formula is C19H22N2OS. The van der Waals surface area contributed by atoms with Crippen molar-refractivity contribution in [1.82, 2.24) is 4.98 Å². The summed E-state index contributed by atoms with van der Waals surface area (Å²) in [6, 6.07) is 6.15. The molecule has 1 amide bonds. The Morgan fingerprint density at radius 1 is 1.22 bits per heavy atom. The second-order valence-corrected chi connectivity index (χ2v) is 7.97. The van der Waals surface area contributed by atoms with E-state index in [4.69, 9.17) is 0 Å². The van der Waals surface area contributed by atoms with Gasteiger partial charge in [0.05, 0.1) is 5.69 Å². The fourth-order valence-electron chi connectivity index (χ4n) is 3.64. The van der Waals surface area contributed by atoms with E-state index in [0.29, 0.717) is 0 Å². The number of benzene rings is 1. The molecule has 23 heavy (non-hydrogen) atoms. The molecule has 2 aliphatic rings. The smallest absolute Gasteiger partial charge is 0.257 e. The SMILES string of the molecule is CC1CCc2nc(NC(=O)c3ccc4c(c3)CCCC4)sc2C1. The third-order valence-corrected chi connectivity index (χ3v) is 6.05. The Morgan fingerprint density at radius 2 is 2.04 bits per heavy atom. The Hall–Kier alpha value is -1.68. The fraction of sp³-hybridized carbons (Fsp3) is 0.474. The number of aryl methyl sites for hydroxylation is 3.